The summed E-state index contributed by atoms with van der Waals surface area (Å²) in [6.07, 6.45) is 0.946. The monoisotopic (exact) mass is 354 g/mol. The average molecular weight is 355 g/mol. The van der Waals surface area contributed by atoms with E-state index in [1.165, 1.54) is 5.56 Å². The molecule has 2 N–H and O–H groups in total. The van der Waals surface area contributed by atoms with Crippen LogP contribution in [0.4, 0.5) is 0 Å². The molecule has 128 valence electrons. The number of rotatable bonds is 4. The van der Waals surface area contributed by atoms with Gasteiger partial charge >= 0.3 is 0 Å². The second-order valence-corrected chi connectivity index (χ2v) is 6.88. The van der Waals surface area contributed by atoms with E-state index in [4.69, 9.17) is 11.6 Å². The van der Waals surface area contributed by atoms with Crippen molar-refractivity contribution >= 4 is 28.4 Å². The van der Waals surface area contributed by atoms with E-state index < -0.39 is 0 Å². The fraction of sp³-hybridized carbons (Fsp3) is 0.263. The van der Waals surface area contributed by atoms with Gasteiger partial charge in [0, 0.05) is 36.1 Å². The summed E-state index contributed by atoms with van der Waals surface area (Å²) >= 11 is 6.04. The lowest BCUT2D eigenvalue weighted by Gasteiger charge is -2.16. The number of H-pyrrole nitrogens is 1. The molecule has 25 heavy (non-hydrogen) atoms. The second-order valence-electron chi connectivity index (χ2n) is 6.44. The zero-order chi connectivity index (χ0) is 17.2. The lowest BCUT2D eigenvalue weighted by Crippen LogP contribution is -2.37. The Kier molecular flexibility index (Phi) is 4.42. The number of nitrogens with one attached hydrogen (secondary N) is 2. The van der Waals surface area contributed by atoms with Gasteiger partial charge in [-0.05, 0) is 30.2 Å². The first kappa shape index (κ1) is 16.1. The fourth-order valence-corrected chi connectivity index (χ4v) is 3.52. The molecular weight excluding hydrogens is 336 g/mol. The summed E-state index contributed by atoms with van der Waals surface area (Å²) in [7, 11) is 0. The van der Waals surface area contributed by atoms with Crippen molar-refractivity contribution in [1.82, 2.24) is 20.4 Å². The number of amides is 1. The molecule has 1 atom stereocenters. The highest BCUT2D eigenvalue weighted by atomic mass is 35.5. The SMILES string of the molecule is O=C(NC1CCN(Cc2ccccc2)C1)c1n[nH]c2ccc(Cl)cc12. The van der Waals surface area contributed by atoms with Crippen LogP contribution >= 0.6 is 11.6 Å². The van der Waals surface area contributed by atoms with Crippen molar-refractivity contribution in [2.45, 2.75) is 19.0 Å². The third kappa shape index (κ3) is 3.52. The predicted molar refractivity (Wildman–Crippen MR) is 98.7 cm³/mol. The second kappa shape index (κ2) is 6.86. The van der Waals surface area contributed by atoms with Crippen molar-refractivity contribution in [3.05, 3.63) is 64.8 Å². The number of carbonyl (C=O) groups excluding carboxylic acids is 1. The topological polar surface area (TPSA) is 61.0 Å². The van der Waals surface area contributed by atoms with Crippen molar-refractivity contribution in [3.8, 4) is 0 Å². The van der Waals surface area contributed by atoms with Crippen molar-refractivity contribution in [3.63, 3.8) is 0 Å². The summed E-state index contributed by atoms with van der Waals surface area (Å²) in [5, 5.41) is 11.5. The number of aromatic nitrogens is 2. The molecule has 0 saturated carbocycles. The number of hydrogen-bond donors (Lipinski definition) is 2. The molecule has 6 heteroatoms. The van der Waals surface area contributed by atoms with E-state index in [9.17, 15) is 4.79 Å². The van der Waals surface area contributed by atoms with E-state index in [1.807, 2.05) is 12.1 Å². The van der Waals surface area contributed by atoms with Crippen LogP contribution in [-0.4, -0.2) is 40.1 Å². The maximum atomic E-state index is 12.6. The highest BCUT2D eigenvalue weighted by molar-refractivity contribution is 6.31. The zero-order valence-electron chi connectivity index (χ0n) is 13.7. The first-order valence-electron chi connectivity index (χ1n) is 8.40. The zero-order valence-corrected chi connectivity index (χ0v) is 14.5. The molecule has 1 aromatic heterocycles. The number of nitrogens with zero attached hydrogens (tertiary/aromatic N) is 2. The molecule has 2 aromatic carbocycles. The summed E-state index contributed by atoms with van der Waals surface area (Å²) in [4.78, 5) is 15.0. The van der Waals surface area contributed by atoms with Gasteiger partial charge in [0.2, 0.25) is 0 Å². The summed E-state index contributed by atoms with van der Waals surface area (Å²) < 4.78 is 0. The van der Waals surface area contributed by atoms with Gasteiger partial charge in [-0.2, -0.15) is 5.10 Å². The number of aromatic amines is 1. The van der Waals surface area contributed by atoms with Crippen LogP contribution in [0, 0.1) is 0 Å². The third-order valence-corrected chi connectivity index (χ3v) is 4.83. The van der Waals surface area contributed by atoms with Crippen molar-refractivity contribution < 1.29 is 4.79 Å². The minimum absolute atomic E-state index is 0.141. The van der Waals surface area contributed by atoms with Crippen molar-refractivity contribution in [1.29, 1.82) is 0 Å². The van der Waals surface area contributed by atoms with Gasteiger partial charge in [-0.15, -0.1) is 0 Å². The van der Waals surface area contributed by atoms with Gasteiger partial charge < -0.3 is 5.32 Å². The predicted octanol–water partition coefficient (Wildman–Crippen LogP) is 3.22. The van der Waals surface area contributed by atoms with Gasteiger partial charge in [0.25, 0.3) is 5.91 Å². The summed E-state index contributed by atoms with van der Waals surface area (Å²) in [6.45, 7) is 2.74. The number of hydrogen-bond acceptors (Lipinski definition) is 3. The van der Waals surface area contributed by atoms with Gasteiger partial charge in [0.1, 0.15) is 0 Å². The first-order chi connectivity index (χ1) is 12.2. The van der Waals surface area contributed by atoms with E-state index in [0.717, 1.165) is 37.0 Å². The Balaban J connectivity index is 1.40. The molecule has 0 spiro atoms. The molecule has 1 aliphatic rings. The van der Waals surface area contributed by atoms with Crippen LogP contribution in [0.2, 0.25) is 5.02 Å². The van der Waals surface area contributed by atoms with E-state index in [-0.39, 0.29) is 11.9 Å². The van der Waals surface area contributed by atoms with Gasteiger partial charge in [-0.3, -0.25) is 14.8 Å². The highest BCUT2D eigenvalue weighted by Gasteiger charge is 2.25. The molecule has 5 nitrogen and oxygen atoms in total. The molecule has 0 aliphatic carbocycles. The molecule has 4 rings (SSSR count). The van der Waals surface area contributed by atoms with Gasteiger partial charge in [0.15, 0.2) is 5.69 Å². The maximum absolute atomic E-state index is 12.6. The summed E-state index contributed by atoms with van der Waals surface area (Å²) in [6, 6.07) is 15.9. The molecule has 1 amide bonds. The van der Waals surface area contributed by atoms with E-state index in [2.05, 4.69) is 44.7 Å². The summed E-state index contributed by atoms with van der Waals surface area (Å²) in [5.41, 5.74) is 2.51. The lowest BCUT2D eigenvalue weighted by atomic mass is 10.2. The lowest BCUT2D eigenvalue weighted by molar-refractivity contribution is 0.0934. The molecule has 3 aromatic rings. The Morgan fingerprint density at radius 3 is 2.96 bits per heavy atom. The largest absolute Gasteiger partial charge is 0.347 e. The average Bonchev–Trinajstić information content (AvgIpc) is 3.22. The number of benzene rings is 2. The molecule has 0 radical (unpaired) electrons. The fourth-order valence-electron chi connectivity index (χ4n) is 3.35. The first-order valence-corrected chi connectivity index (χ1v) is 8.77. The minimum Gasteiger partial charge on any atom is -0.347 e. The molecule has 2 heterocycles. The van der Waals surface area contributed by atoms with Gasteiger partial charge in [0.05, 0.1) is 5.52 Å². The van der Waals surface area contributed by atoms with E-state index >= 15 is 0 Å². The van der Waals surface area contributed by atoms with Crippen LogP contribution < -0.4 is 5.32 Å². The Morgan fingerprint density at radius 1 is 1.28 bits per heavy atom. The number of carbonyl (C=O) groups is 1. The number of halogens is 1. The normalized spacial score (nSPS) is 17.9. The van der Waals surface area contributed by atoms with Crippen LogP contribution in [0.1, 0.15) is 22.5 Å². The minimum atomic E-state index is -0.153. The standard InChI is InChI=1S/C19H19ClN4O/c20-14-6-7-17-16(10-14)18(23-22-17)19(25)21-15-8-9-24(12-15)11-13-4-2-1-3-5-13/h1-7,10,15H,8-9,11-12H2,(H,21,25)(H,22,23). The molecule has 1 saturated heterocycles. The van der Waals surface area contributed by atoms with Crippen LogP contribution in [0.25, 0.3) is 10.9 Å². The molecule has 1 unspecified atom stereocenters. The molecular formula is C19H19ClN4O. The van der Waals surface area contributed by atoms with Crippen LogP contribution in [0.3, 0.4) is 0 Å². The van der Waals surface area contributed by atoms with E-state index in [0.29, 0.717) is 10.7 Å². The third-order valence-electron chi connectivity index (χ3n) is 4.60. The van der Waals surface area contributed by atoms with Crippen LogP contribution in [0.15, 0.2) is 48.5 Å². The van der Waals surface area contributed by atoms with Gasteiger partial charge in [-0.1, -0.05) is 41.9 Å². The maximum Gasteiger partial charge on any atom is 0.272 e. The highest BCUT2D eigenvalue weighted by Crippen LogP contribution is 2.21. The van der Waals surface area contributed by atoms with Crippen molar-refractivity contribution in [2.24, 2.45) is 0 Å². The Labute approximate surface area is 151 Å². The van der Waals surface area contributed by atoms with Crippen molar-refractivity contribution in [2.75, 3.05) is 13.1 Å². The number of fused-ring (bicyclic) bond motifs is 1. The molecule has 0 bridgehead atoms. The van der Waals surface area contributed by atoms with Crippen LogP contribution in [-0.2, 0) is 6.54 Å². The Morgan fingerprint density at radius 2 is 2.12 bits per heavy atom. The molecule has 1 aliphatic heterocycles. The Bertz CT molecular complexity index is 893. The molecule has 1 fully saturated rings. The smallest absolute Gasteiger partial charge is 0.272 e. The van der Waals surface area contributed by atoms with Gasteiger partial charge in [-0.25, -0.2) is 0 Å². The van der Waals surface area contributed by atoms with E-state index in [1.54, 1.807) is 12.1 Å². The number of likely N-dealkylation sites (tertiary alicyclic amines) is 1. The van der Waals surface area contributed by atoms with Crippen LogP contribution in [0.5, 0.6) is 0 Å². The Hall–Kier alpha value is -2.37. The quantitative estimate of drug-likeness (QED) is 0.756. The summed E-state index contributed by atoms with van der Waals surface area (Å²) in [5.74, 6) is -0.153.